The second-order valence-electron chi connectivity index (χ2n) is 5.71. The predicted octanol–water partition coefficient (Wildman–Crippen LogP) is 1.94. The van der Waals surface area contributed by atoms with E-state index in [1.54, 1.807) is 9.36 Å². The zero-order valence-electron chi connectivity index (χ0n) is 12.1. The van der Waals surface area contributed by atoms with Gasteiger partial charge in [-0.25, -0.2) is 9.66 Å². The average Bonchev–Trinajstić information content (AvgIpc) is 2.92. The number of aryl methyl sites for hydroxylation is 2. The van der Waals surface area contributed by atoms with E-state index in [0.29, 0.717) is 11.7 Å². The van der Waals surface area contributed by atoms with Gasteiger partial charge in [0.2, 0.25) is 0 Å². The summed E-state index contributed by atoms with van der Waals surface area (Å²) in [5.74, 6) is 8.01. The Morgan fingerprint density at radius 2 is 1.95 bits per heavy atom. The standard InChI is InChI=1S/C14H22N6/c1-9-11(8-19(2)18-9)12-13(15)20(16)14(17-12)10-6-4-3-5-7-10/h8,10H,3-7,15-16H2,1-2H3. The number of nitrogens with two attached hydrogens (primary N) is 2. The molecule has 1 aliphatic carbocycles. The minimum atomic E-state index is 0.432. The zero-order valence-corrected chi connectivity index (χ0v) is 12.1. The van der Waals surface area contributed by atoms with Crippen LogP contribution in [0.5, 0.6) is 0 Å². The topological polar surface area (TPSA) is 87.7 Å². The second-order valence-corrected chi connectivity index (χ2v) is 5.71. The van der Waals surface area contributed by atoms with Crippen molar-refractivity contribution in [3.8, 4) is 11.3 Å². The van der Waals surface area contributed by atoms with Gasteiger partial charge in [-0.15, -0.1) is 0 Å². The largest absolute Gasteiger partial charge is 0.382 e. The minimum Gasteiger partial charge on any atom is -0.382 e. The first-order valence-electron chi connectivity index (χ1n) is 7.21. The zero-order chi connectivity index (χ0) is 14.3. The molecule has 2 aromatic heterocycles. The summed E-state index contributed by atoms with van der Waals surface area (Å²) in [5.41, 5.74) is 8.81. The number of rotatable bonds is 2. The Kier molecular flexibility index (Phi) is 3.16. The Labute approximate surface area is 118 Å². The van der Waals surface area contributed by atoms with Crippen molar-refractivity contribution in [3.05, 3.63) is 17.7 Å². The number of aromatic nitrogens is 4. The molecule has 4 N–H and O–H groups in total. The smallest absolute Gasteiger partial charge is 0.150 e. The number of imidazole rings is 1. The van der Waals surface area contributed by atoms with Crippen molar-refractivity contribution in [3.63, 3.8) is 0 Å². The van der Waals surface area contributed by atoms with Gasteiger partial charge in [0.25, 0.3) is 0 Å². The lowest BCUT2D eigenvalue weighted by Crippen LogP contribution is -2.19. The van der Waals surface area contributed by atoms with Crippen LogP contribution in [-0.2, 0) is 7.05 Å². The van der Waals surface area contributed by atoms with Crippen molar-refractivity contribution >= 4 is 5.82 Å². The van der Waals surface area contributed by atoms with Crippen LogP contribution in [0.1, 0.15) is 49.5 Å². The summed E-state index contributed by atoms with van der Waals surface area (Å²) in [6.07, 6.45) is 8.06. The molecule has 0 amide bonds. The highest BCUT2D eigenvalue weighted by Crippen LogP contribution is 2.35. The van der Waals surface area contributed by atoms with Crippen molar-refractivity contribution < 1.29 is 0 Å². The molecule has 0 unspecified atom stereocenters. The first kappa shape index (κ1) is 13.0. The van der Waals surface area contributed by atoms with Crippen molar-refractivity contribution in [2.24, 2.45) is 7.05 Å². The molecule has 0 saturated heterocycles. The summed E-state index contributed by atoms with van der Waals surface area (Å²) in [6.45, 7) is 1.96. The summed E-state index contributed by atoms with van der Waals surface area (Å²) < 4.78 is 3.34. The van der Waals surface area contributed by atoms with Crippen molar-refractivity contribution in [1.29, 1.82) is 0 Å². The van der Waals surface area contributed by atoms with E-state index < -0.39 is 0 Å². The fraction of sp³-hybridized carbons (Fsp3) is 0.571. The van der Waals surface area contributed by atoms with Crippen molar-refractivity contribution in [2.45, 2.75) is 44.9 Å². The Hall–Kier alpha value is -1.98. The van der Waals surface area contributed by atoms with Gasteiger partial charge in [0, 0.05) is 24.7 Å². The SMILES string of the molecule is Cc1nn(C)cc1-c1nc(C2CCCCC2)n(N)c1N. The molecule has 0 aromatic carbocycles. The third-order valence-electron chi connectivity index (χ3n) is 4.21. The molecule has 0 atom stereocenters. The molecule has 1 saturated carbocycles. The Morgan fingerprint density at radius 1 is 1.25 bits per heavy atom. The third kappa shape index (κ3) is 2.05. The summed E-state index contributed by atoms with van der Waals surface area (Å²) in [5, 5.41) is 4.35. The molecular weight excluding hydrogens is 252 g/mol. The normalized spacial score (nSPS) is 16.7. The van der Waals surface area contributed by atoms with Gasteiger partial charge in [0.05, 0.1) is 5.69 Å². The van der Waals surface area contributed by atoms with Gasteiger partial charge in [0.15, 0.2) is 5.82 Å². The summed E-state index contributed by atoms with van der Waals surface area (Å²) >= 11 is 0. The molecule has 0 bridgehead atoms. The minimum absolute atomic E-state index is 0.432. The Morgan fingerprint density at radius 3 is 2.55 bits per heavy atom. The molecule has 0 spiro atoms. The molecule has 1 fully saturated rings. The molecule has 0 aliphatic heterocycles. The van der Waals surface area contributed by atoms with Crippen LogP contribution in [0.2, 0.25) is 0 Å². The summed E-state index contributed by atoms with van der Waals surface area (Å²) in [6, 6.07) is 0. The van der Waals surface area contributed by atoms with Crippen molar-refractivity contribution in [1.82, 2.24) is 19.4 Å². The van der Waals surface area contributed by atoms with E-state index in [9.17, 15) is 0 Å². The maximum absolute atomic E-state index is 6.16. The number of hydrogen-bond acceptors (Lipinski definition) is 4. The van der Waals surface area contributed by atoms with Gasteiger partial charge < -0.3 is 11.6 Å². The van der Waals surface area contributed by atoms with Crippen LogP contribution in [0.15, 0.2) is 6.20 Å². The lowest BCUT2D eigenvalue weighted by Gasteiger charge is -2.20. The first-order chi connectivity index (χ1) is 9.58. The fourth-order valence-electron chi connectivity index (χ4n) is 3.14. The van der Waals surface area contributed by atoms with Crippen LogP contribution in [0.25, 0.3) is 11.3 Å². The van der Waals surface area contributed by atoms with Crippen molar-refractivity contribution in [2.75, 3.05) is 11.6 Å². The van der Waals surface area contributed by atoms with Gasteiger partial charge in [-0.05, 0) is 19.8 Å². The number of nitrogen functional groups attached to an aromatic ring is 2. The number of nitrogens with zero attached hydrogens (tertiary/aromatic N) is 4. The molecular formula is C14H22N6. The highest BCUT2D eigenvalue weighted by atomic mass is 15.4. The van der Waals surface area contributed by atoms with Gasteiger partial charge >= 0.3 is 0 Å². The number of anilines is 1. The van der Waals surface area contributed by atoms with Gasteiger partial charge in [-0.1, -0.05) is 19.3 Å². The maximum atomic E-state index is 6.16. The van der Waals surface area contributed by atoms with E-state index in [-0.39, 0.29) is 0 Å². The molecule has 2 heterocycles. The van der Waals surface area contributed by atoms with Gasteiger partial charge in [-0.2, -0.15) is 5.10 Å². The summed E-state index contributed by atoms with van der Waals surface area (Å²) in [4.78, 5) is 4.74. The highest BCUT2D eigenvalue weighted by Gasteiger charge is 2.25. The molecule has 0 radical (unpaired) electrons. The lowest BCUT2D eigenvalue weighted by atomic mass is 9.89. The van der Waals surface area contributed by atoms with Crippen LogP contribution in [0.4, 0.5) is 5.82 Å². The number of hydrogen-bond donors (Lipinski definition) is 2. The highest BCUT2D eigenvalue weighted by molar-refractivity contribution is 5.72. The van der Waals surface area contributed by atoms with E-state index in [1.807, 2.05) is 20.2 Å². The third-order valence-corrected chi connectivity index (χ3v) is 4.21. The monoisotopic (exact) mass is 274 g/mol. The Bertz CT molecular complexity index is 618. The van der Waals surface area contributed by atoms with Crippen LogP contribution < -0.4 is 11.6 Å². The van der Waals surface area contributed by atoms with Gasteiger partial charge in [0.1, 0.15) is 11.5 Å². The molecule has 108 valence electrons. The van der Waals surface area contributed by atoms with Crippen LogP contribution in [0.3, 0.4) is 0 Å². The van der Waals surface area contributed by atoms with Crippen LogP contribution >= 0.6 is 0 Å². The molecule has 6 nitrogen and oxygen atoms in total. The average molecular weight is 274 g/mol. The fourth-order valence-corrected chi connectivity index (χ4v) is 3.14. The van der Waals surface area contributed by atoms with E-state index in [1.165, 1.54) is 19.3 Å². The lowest BCUT2D eigenvalue weighted by molar-refractivity contribution is 0.424. The van der Waals surface area contributed by atoms with E-state index in [2.05, 4.69) is 5.10 Å². The molecule has 2 aromatic rings. The van der Waals surface area contributed by atoms with Crippen LogP contribution in [-0.4, -0.2) is 19.4 Å². The van der Waals surface area contributed by atoms with Crippen LogP contribution in [0, 0.1) is 6.92 Å². The molecule has 6 heteroatoms. The molecule has 3 rings (SSSR count). The summed E-state index contributed by atoms with van der Waals surface area (Å²) in [7, 11) is 1.90. The van der Waals surface area contributed by atoms with E-state index >= 15 is 0 Å². The molecule has 1 aliphatic rings. The maximum Gasteiger partial charge on any atom is 0.150 e. The predicted molar refractivity (Wildman–Crippen MR) is 79.6 cm³/mol. The first-order valence-corrected chi connectivity index (χ1v) is 7.21. The van der Waals surface area contributed by atoms with E-state index in [0.717, 1.165) is 35.6 Å². The Balaban J connectivity index is 2.03. The second kappa shape index (κ2) is 4.85. The molecule has 20 heavy (non-hydrogen) atoms. The van der Waals surface area contributed by atoms with Gasteiger partial charge in [-0.3, -0.25) is 4.68 Å². The van der Waals surface area contributed by atoms with E-state index in [4.69, 9.17) is 16.6 Å². The quantitative estimate of drug-likeness (QED) is 0.819.